The monoisotopic (exact) mass is 415 g/mol. The van der Waals surface area contributed by atoms with Gasteiger partial charge in [0.25, 0.3) is 0 Å². The number of hydrogen-bond donors (Lipinski definition) is 1. The number of carbonyl (C=O) groups is 3. The topological polar surface area (TPSA) is 81.7 Å². The number of hydrogen-bond acceptors (Lipinski definition) is 5. The molecule has 6 nitrogen and oxygen atoms in total. The van der Waals surface area contributed by atoms with Crippen molar-refractivity contribution in [2.24, 2.45) is 0 Å². The smallest absolute Gasteiger partial charge is 0.338 e. The lowest BCUT2D eigenvalue weighted by atomic mass is 9.99. The number of rotatable bonds is 7. The number of nitrogens with one attached hydrogen (secondary N) is 1. The highest BCUT2D eigenvalue weighted by molar-refractivity contribution is 6.05. The van der Waals surface area contributed by atoms with Gasteiger partial charge in [0.15, 0.2) is 12.4 Å². The summed E-state index contributed by atoms with van der Waals surface area (Å²) in [5.74, 6) is -0.644. The van der Waals surface area contributed by atoms with Gasteiger partial charge >= 0.3 is 5.97 Å². The first kappa shape index (κ1) is 20.3. The van der Waals surface area contributed by atoms with Crippen LogP contribution < -0.4 is 10.1 Å². The number of carbonyl (C=O) groups excluding carboxylic acids is 3. The molecule has 0 saturated carbocycles. The molecule has 1 aliphatic heterocycles. The van der Waals surface area contributed by atoms with Crippen LogP contribution in [0.25, 0.3) is 0 Å². The SMILES string of the molecule is C[C@H]1C(=O)Nc2ccc(C(=O)COC(=O)c3ccccc3COc3ccccc3)cc21. The molecular formula is C25H21NO5. The van der Waals surface area contributed by atoms with Crippen LogP contribution in [0.1, 0.15) is 44.7 Å². The molecule has 1 heterocycles. The van der Waals surface area contributed by atoms with E-state index in [9.17, 15) is 14.4 Å². The summed E-state index contributed by atoms with van der Waals surface area (Å²) in [6.07, 6.45) is 0. The van der Waals surface area contributed by atoms with Crippen LogP contribution in [0.15, 0.2) is 72.8 Å². The van der Waals surface area contributed by atoms with E-state index >= 15 is 0 Å². The van der Waals surface area contributed by atoms with Crippen molar-refractivity contribution in [2.75, 3.05) is 11.9 Å². The summed E-state index contributed by atoms with van der Waals surface area (Å²) >= 11 is 0. The molecule has 1 N–H and O–H groups in total. The first-order chi connectivity index (χ1) is 15.0. The second-order valence-corrected chi connectivity index (χ2v) is 7.27. The van der Waals surface area contributed by atoms with Crippen molar-refractivity contribution in [2.45, 2.75) is 19.4 Å². The van der Waals surface area contributed by atoms with E-state index in [1.807, 2.05) is 36.4 Å². The van der Waals surface area contributed by atoms with Crippen LogP contribution in [-0.4, -0.2) is 24.3 Å². The third-order valence-electron chi connectivity index (χ3n) is 5.20. The molecule has 6 heteroatoms. The van der Waals surface area contributed by atoms with E-state index in [2.05, 4.69) is 5.32 Å². The molecule has 0 radical (unpaired) electrons. The standard InChI is InChI=1S/C25H21NO5/c1-16-21-13-17(11-12-22(21)26-24(16)28)23(27)15-31-25(29)20-10-6-5-7-18(20)14-30-19-8-3-2-4-9-19/h2-13,16H,14-15H2,1H3,(H,26,28)/t16-/m1/s1. The van der Waals surface area contributed by atoms with Crippen LogP contribution >= 0.6 is 0 Å². The van der Waals surface area contributed by atoms with Gasteiger partial charge in [-0.05, 0) is 48.9 Å². The number of amides is 1. The molecular weight excluding hydrogens is 394 g/mol. The number of para-hydroxylation sites is 1. The van der Waals surface area contributed by atoms with E-state index in [0.717, 1.165) is 5.56 Å². The van der Waals surface area contributed by atoms with Crippen LogP contribution in [0.2, 0.25) is 0 Å². The molecule has 0 spiro atoms. The lowest BCUT2D eigenvalue weighted by molar-refractivity contribution is -0.116. The van der Waals surface area contributed by atoms with Crippen LogP contribution in [-0.2, 0) is 16.1 Å². The summed E-state index contributed by atoms with van der Waals surface area (Å²) in [4.78, 5) is 37.0. The highest BCUT2D eigenvalue weighted by atomic mass is 16.5. The Morgan fingerprint density at radius 2 is 1.71 bits per heavy atom. The summed E-state index contributed by atoms with van der Waals surface area (Å²) in [6.45, 7) is 1.60. The Kier molecular flexibility index (Phi) is 5.80. The van der Waals surface area contributed by atoms with Crippen molar-refractivity contribution in [3.05, 3.63) is 95.1 Å². The van der Waals surface area contributed by atoms with Crippen molar-refractivity contribution in [1.29, 1.82) is 0 Å². The third kappa shape index (κ3) is 4.48. The van der Waals surface area contributed by atoms with Crippen molar-refractivity contribution >= 4 is 23.3 Å². The van der Waals surface area contributed by atoms with E-state index in [4.69, 9.17) is 9.47 Å². The van der Waals surface area contributed by atoms with E-state index in [1.54, 1.807) is 43.3 Å². The molecule has 0 aromatic heterocycles. The van der Waals surface area contributed by atoms with Gasteiger partial charge in [-0.3, -0.25) is 9.59 Å². The average molecular weight is 415 g/mol. The van der Waals surface area contributed by atoms with Crippen molar-refractivity contribution in [1.82, 2.24) is 0 Å². The number of ketones is 1. The fourth-order valence-corrected chi connectivity index (χ4v) is 3.41. The summed E-state index contributed by atoms with van der Waals surface area (Å²) in [5.41, 5.74) is 2.89. The molecule has 0 bridgehead atoms. The Balaban J connectivity index is 1.40. The van der Waals surface area contributed by atoms with Gasteiger partial charge in [-0.2, -0.15) is 0 Å². The van der Waals surface area contributed by atoms with Crippen molar-refractivity contribution < 1.29 is 23.9 Å². The van der Waals surface area contributed by atoms with Gasteiger partial charge in [-0.1, -0.05) is 36.4 Å². The zero-order valence-corrected chi connectivity index (χ0v) is 17.0. The normalized spacial score (nSPS) is 14.5. The third-order valence-corrected chi connectivity index (χ3v) is 5.20. The number of benzene rings is 3. The lowest BCUT2D eigenvalue weighted by Crippen LogP contribution is -2.16. The summed E-state index contributed by atoms with van der Waals surface area (Å²) in [7, 11) is 0. The first-order valence-corrected chi connectivity index (χ1v) is 9.94. The van der Waals surface area contributed by atoms with E-state index in [1.165, 1.54) is 0 Å². The van der Waals surface area contributed by atoms with Gasteiger partial charge in [-0.15, -0.1) is 0 Å². The minimum atomic E-state index is -0.591. The van der Waals surface area contributed by atoms with Gasteiger partial charge in [0, 0.05) is 16.8 Å². The van der Waals surface area contributed by atoms with Gasteiger partial charge in [0.05, 0.1) is 11.5 Å². The van der Waals surface area contributed by atoms with E-state index in [0.29, 0.717) is 28.1 Å². The Hall–Kier alpha value is -3.93. The number of anilines is 1. The predicted octanol–water partition coefficient (Wildman–Crippen LogP) is 4.36. The molecule has 1 atom stereocenters. The quantitative estimate of drug-likeness (QED) is 0.458. The number of Topliss-reactive ketones (excluding diaryl/α,β-unsaturated/α-hetero) is 1. The summed E-state index contributed by atoms with van der Waals surface area (Å²) < 4.78 is 11.0. The van der Waals surface area contributed by atoms with Crippen molar-refractivity contribution in [3.63, 3.8) is 0 Å². The van der Waals surface area contributed by atoms with E-state index < -0.39 is 5.97 Å². The van der Waals surface area contributed by atoms with Crippen molar-refractivity contribution in [3.8, 4) is 5.75 Å². The predicted molar refractivity (Wildman–Crippen MR) is 115 cm³/mol. The first-order valence-electron chi connectivity index (χ1n) is 9.94. The highest BCUT2D eigenvalue weighted by Crippen LogP contribution is 2.32. The maximum absolute atomic E-state index is 12.6. The van der Waals surface area contributed by atoms with Crippen LogP contribution in [0.3, 0.4) is 0 Å². The maximum Gasteiger partial charge on any atom is 0.338 e. The highest BCUT2D eigenvalue weighted by Gasteiger charge is 2.27. The summed E-state index contributed by atoms with van der Waals surface area (Å²) in [5, 5.41) is 2.77. The largest absolute Gasteiger partial charge is 0.489 e. The number of ether oxygens (including phenoxy) is 2. The molecule has 156 valence electrons. The molecule has 1 amide bonds. The van der Waals surface area contributed by atoms with Gasteiger partial charge < -0.3 is 14.8 Å². The van der Waals surface area contributed by atoms with Gasteiger partial charge in [-0.25, -0.2) is 4.79 Å². The fraction of sp³-hybridized carbons (Fsp3) is 0.160. The second-order valence-electron chi connectivity index (χ2n) is 7.27. The van der Waals surface area contributed by atoms with Crippen LogP contribution in [0.5, 0.6) is 5.75 Å². The Labute approximate surface area is 179 Å². The molecule has 1 aliphatic rings. The fourth-order valence-electron chi connectivity index (χ4n) is 3.41. The number of esters is 1. The minimum Gasteiger partial charge on any atom is -0.489 e. The zero-order chi connectivity index (χ0) is 21.8. The van der Waals surface area contributed by atoms with Gasteiger partial charge in [0.1, 0.15) is 12.4 Å². The van der Waals surface area contributed by atoms with E-state index in [-0.39, 0.29) is 30.8 Å². The lowest BCUT2D eigenvalue weighted by Gasteiger charge is -2.11. The molecule has 31 heavy (non-hydrogen) atoms. The molecule has 0 saturated heterocycles. The minimum absolute atomic E-state index is 0.0969. The van der Waals surface area contributed by atoms with Crippen LogP contribution in [0, 0.1) is 0 Å². The number of fused-ring (bicyclic) bond motifs is 1. The Morgan fingerprint density at radius 1 is 0.968 bits per heavy atom. The summed E-state index contributed by atoms with van der Waals surface area (Å²) in [6, 6.07) is 21.3. The van der Waals surface area contributed by atoms with Gasteiger partial charge in [0.2, 0.25) is 5.91 Å². The molecule has 3 aromatic rings. The zero-order valence-electron chi connectivity index (χ0n) is 17.0. The Morgan fingerprint density at radius 3 is 2.52 bits per heavy atom. The maximum atomic E-state index is 12.6. The molecule has 0 unspecified atom stereocenters. The molecule has 0 fully saturated rings. The average Bonchev–Trinajstić information content (AvgIpc) is 3.09. The van der Waals surface area contributed by atoms with Crippen LogP contribution in [0.4, 0.5) is 5.69 Å². The molecule has 4 rings (SSSR count). The molecule has 3 aromatic carbocycles. The molecule has 0 aliphatic carbocycles. The Bertz CT molecular complexity index is 1140. The second kappa shape index (κ2) is 8.83.